The molecule has 9 heteroatoms. The van der Waals surface area contributed by atoms with Gasteiger partial charge in [-0.05, 0) is 18.6 Å². The molecule has 132 valence electrons. The van der Waals surface area contributed by atoms with Crippen molar-refractivity contribution in [3.63, 3.8) is 0 Å². The molecule has 2 amide bonds. The fourth-order valence-electron chi connectivity index (χ4n) is 2.10. The number of primary amides is 1. The van der Waals surface area contributed by atoms with Crippen LogP contribution >= 0.6 is 24.0 Å². The van der Waals surface area contributed by atoms with Crippen molar-refractivity contribution < 1.29 is 24.2 Å². The van der Waals surface area contributed by atoms with Crippen molar-refractivity contribution in [1.29, 1.82) is 0 Å². The maximum atomic E-state index is 12.5. The van der Waals surface area contributed by atoms with E-state index in [0.29, 0.717) is 27.0 Å². The molecule has 1 aromatic carbocycles. The quantitative estimate of drug-likeness (QED) is 0.521. The number of carboxylic acid groups (broad SMARTS) is 1. The average molecular weight is 380 g/mol. The summed E-state index contributed by atoms with van der Waals surface area (Å²) in [5, 5.41) is 8.69. The Hall–Kier alpha value is -2.39. The van der Waals surface area contributed by atoms with Gasteiger partial charge in [0.1, 0.15) is 10.1 Å². The Kier molecular flexibility index (Phi) is 6.54. The molecular formula is C16H16N2O5S2. The minimum Gasteiger partial charge on any atom is -0.483 e. The number of ether oxygens (including phenoxy) is 1. The number of aliphatic carboxylic acids is 1. The summed E-state index contributed by atoms with van der Waals surface area (Å²) in [6.07, 6.45) is 1.93. The topological polar surface area (TPSA) is 110 Å². The van der Waals surface area contributed by atoms with Crippen LogP contribution < -0.4 is 10.5 Å². The third-order valence-corrected chi connectivity index (χ3v) is 4.60. The second-order valence-electron chi connectivity index (χ2n) is 5.12. The Balaban J connectivity index is 2.13. The van der Waals surface area contributed by atoms with Gasteiger partial charge in [0.05, 0.1) is 4.91 Å². The van der Waals surface area contributed by atoms with Gasteiger partial charge >= 0.3 is 5.97 Å². The lowest BCUT2D eigenvalue weighted by Gasteiger charge is -2.13. The highest BCUT2D eigenvalue weighted by Crippen LogP contribution is 2.34. The van der Waals surface area contributed by atoms with E-state index in [4.69, 9.17) is 27.8 Å². The van der Waals surface area contributed by atoms with E-state index in [1.165, 1.54) is 4.90 Å². The van der Waals surface area contributed by atoms with Crippen LogP contribution in [0.15, 0.2) is 29.2 Å². The summed E-state index contributed by atoms with van der Waals surface area (Å²) >= 11 is 6.34. The predicted molar refractivity (Wildman–Crippen MR) is 97.9 cm³/mol. The number of para-hydroxylation sites is 1. The first-order valence-corrected chi connectivity index (χ1v) is 8.58. The molecule has 2 rings (SSSR count). The van der Waals surface area contributed by atoms with Crippen LogP contribution in [0.2, 0.25) is 0 Å². The fourth-order valence-corrected chi connectivity index (χ4v) is 3.40. The normalized spacial score (nSPS) is 15.7. The lowest BCUT2D eigenvalue weighted by Crippen LogP contribution is -2.29. The Morgan fingerprint density at radius 3 is 2.76 bits per heavy atom. The second-order valence-corrected chi connectivity index (χ2v) is 6.80. The first kappa shape index (κ1) is 18.9. The molecule has 0 aromatic heterocycles. The Morgan fingerprint density at radius 2 is 2.08 bits per heavy atom. The molecule has 0 aliphatic carbocycles. The highest BCUT2D eigenvalue weighted by atomic mass is 32.2. The van der Waals surface area contributed by atoms with Crippen LogP contribution in [-0.4, -0.2) is 45.3 Å². The molecular weight excluding hydrogens is 364 g/mol. The highest BCUT2D eigenvalue weighted by molar-refractivity contribution is 8.26. The van der Waals surface area contributed by atoms with Gasteiger partial charge in [-0.3, -0.25) is 19.3 Å². The van der Waals surface area contributed by atoms with Crippen molar-refractivity contribution in [2.75, 3.05) is 13.2 Å². The zero-order valence-corrected chi connectivity index (χ0v) is 14.8. The van der Waals surface area contributed by atoms with Crippen LogP contribution in [0.1, 0.15) is 18.4 Å². The van der Waals surface area contributed by atoms with Gasteiger partial charge in [-0.15, -0.1) is 0 Å². The van der Waals surface area contributed by atoms with Gasteiger partial charge in [-0.25, -0.2) is 0 Å². The van der Waals surface area contributed by atoms with E-state index in [9.17, 15) is 14.4 Å². The minimum absolute atomic E-state index is 0.0279. The van der Waals surface area contributed by atoms with Gasteiger partial charge in [-0.2, -0.15) is 0 Å². The molecule has 0 radical (unpaired) electrons. The Labute approximate surface area is 153 Å². The highest BCUT2D eigenvalue weighted by Gasteiger charge is 2.31. The van der Waals surface area contributed by atoms with Gasteiger partial charge in [0.25, 0.3) is 11.8 Å². The molecule has 25 heavy (non-hydrogen) atoms. The molecule has 1 aliphatic heterocycles. The number of nitrogens with zero attached hydrogens (tertiary/aromatic N) is 1. The van der Waals surface area contributed by atoms with E-state index < -0.39 is 11.9 Å². The van der Waals surface area contributed by atoms with Crippen LogP contribution in [-0.2, 0) is 14.4 Å². The van der Waals surface area contributed by atoms with Crippen LogP contribution in [0.4, 0.5) is 0 Å². The summed E-state index contributed by atoms with van der Waals surface area (Å²) in [6, 6.07) is 6.93. The zero-order chi connectivity index (χ0) is 18.4. The maximum absolute atomic E-state index is 12.5. The summed E-state index contributed by atoms with van der Waals surface area (Å²) < 4.78 is 5.72. The first-order chi connectivity index (χ1) is 11.9. The molecule has 0 saturated carbocycles. The molecule has 1 aliphatic rings. The lowest BCUT2D eigenvalue weighted by atomic mass is 10.2. The number of thioether (sulfide) groups is 1. The molecule has 1 heterocycles. The standard InChI is InChI=1S/C16H16N2O5S2/c17-13(19)9-23-11-5-2-1-4-10(11)8-12-15(22)18(16(24)25-12)7-3-6-14(20)21/h1-2,4-5,8H,3,6-7,9H2,(H2,17,19)(H,20,21). The maximum Gasteiger partial charge on any atom is 0.303 e. The molecule has 1 aromatic rings. The lowest BCUT2D eigenvalue weighted by molar-refractivity contribution is -0.137. The summed E-state index contributed by atoms with van der Waals surface area (Å²) in [5.74, 6) is -1.36. The zero-order valence-electron chi connectivity index (χ0n) is 13.1. The fraction of sp³-hybridized carbons (Fsp3) is 0.250. The van der Waals surface area contributed by atoms with Crippen molar-refractivity contribution in [3.05, 3.63) is 34.7 Å². The van der Waals surface area contributed by atoms with E-state index in [-0.39, 0.29) is 25.5 Å². The molecule has 7 nitrogen and oxygen atoms in total. The summed E-state index contributed by atoms with van der Waals surface area (Å²) in [7, 11) is 0. The van der Waals surface area contributed by atoms with Crippen LogP contribution in [0.3, 0.4) is 0 Å². The number of thiocarbonyl (C=S) groups is 1. The number of nitrogens with two attached hydrogens (primary N) is 1. The number of carbonyl (C=O) groups is 3. The van der Waals surface area contributed by atoms with Crippen molar-refractivity contribution in [1.82, 2.24) is 4.90 Å². The first-order valence-electron chi connectivity index (χ1n) is 7.36. The van der Waals surface area contributed by atoms with E-state index in [2.05, 4.69) is 0 Å². The number of amides is 2. The van der Waals surface area contributed by atoms with Crippen molar-refractivity contribution in [2.45, 2.75) is 12.8 Å². The number of carbonyl (C=O) groups excluding carboxylic acids is 2. The number of hydrogen-bond acceptors (Lipinski definition) is 6. The molecule has 0 unspecified atom stereocenters. The molecule has 0 atom stereocenters. The van der Waals surface area contributed by atoms with Crippen LogP contribution in [0.5, 0.6) is 5.75 Å². The molecule has 0 bridgehead atoms. The number of benzene rings is 1. The van der Waals surface area contributed by atoms with Crippen LogP contribution in [0.25, 0.3) is 6.08 Å². The summed E-state index contributed by atoms with van der Waals surface area (Å²) in [4.78, 5) is 35.7. The Morgan fingerprint density at radius 1 is 1.36 bits per heavy atom. The smallest absolute Gasteiger partial charge is 0.303 e. The van der Waals surface area contributed by atoms with Gasteiger partial charge in [0.15, 0.2) is 6.61 Å². The largest absolute Gasteiger partial charge is 0.483 e. The summed E-state index contributed by atoms with van der Waals surface area (Å²) in [6.45, 7) is -0.00483. The monoisotopic (exact) mass is 380 g/mol. The number of hydrogen-bond donors (Lipinski definition) is 2. The van der Waals surface area contributed by atoms with E-state index >= 15 is 0 Å². The van der Waals surface area contributed by atoms with E-state index in [0.717, 1.165) is 11.8 Å². The third kappa shape index (κ3) is 5.30. The van der Waals surface area contributed by atoms with Crippen molar-refractivity contribution in [2.24, 2.45) is 5.73 Å². The molecule has 1 fully saturated rings. The van der Waals surface area contributed by atoms with Crippen LogP contribution in [0, 0.1) is 0 Å². The Bertz CT molecular complexity index is 748. The van der Waals surface area contributed by atoms with Gasteiger partial charge in [-0.1, -0.05) is 42.2 Å². The van der Waals surface area contributed by atoms with Gasteiger partial charge in [0, 0.05) is 18.5 Å². The average Bonchev–Trinajstić information content (AvgIpc) is 2.81. The van der Waals surface area contributed by atoms with Crippen molar-refractivity contribution in [3.8, 4) is 5.75 Å². The third-order valence-electron chi connectivity index (χ3n) is 3.22. The number of rotatable bonds is 8. The molecule has 1 saturated heterocycles. The molecule has 0 spiro atoms. The molecule has 3 N–H and O–H groups in total. The van der Waals surface area contributed by atoms with Gasteiger partial charge < -0.3 is 15.6 Å². The van der Waals surface area contributed by atoms with Gasteiger partial charge in [0.2, 0.25) is 0 Å². The summed E-state index contributed by atoms with van der Waals surface area (Å²) in [5.41, 5.74) is 5.70. The van der Waals surface area contributed by atoms with E-state index in [1.807, 2.05) is 0 Å². The number of carboxylic acids is 1. The second kappa shape index (κ2) is 8.63. The van der Waals surface area contributed by atoms with E-state index in [1.54, 1.807) is 30.3 Å². The SMILES string of the molecule is NC(=O)COc1ccccc1C=C1SC(=S)N(CCCC(=O)O)C1=O. The minimum atomic E-state index is -0.915. The predicted octanol–water partition coefficient (Wildman–Crippen LogP) is 1.62. The van der Waals surface area contributed by atoms with Crippen molar-refractivity contribution >= 4 is 52.2 Å².